The molecule has 0 aliphatic rings. The molecule has 0 aliphatic carbocycles. The molecule has 0 bridgehead atoms. The highest BCUT2D eigenvalue weighted by molar-refractivity contribution is 5.27. The molecule has 0 radical (unpaired) electrons. The fraction of sp³-hybridized carbons (Fsp3) is 0.250. The van der Waals surface area contributed by atoms with Crippen LogP contribution in [0.4, 0.5) is 0 Å². The molecule has 0 amide bonds. The van der Waals surface area contributed by atoms with Gasteiger partial charge in [0, 0.05) is 19.4 Å². The van der Waals surface area contributed by atoms with Gasteiger partial charge in [-0.15, -0.1) is 0 Å². The third-order valence-corrected chi connectivity index (χ3v) is 2.56. The number of hydrogen-bond acceptors (Lipinski definition) is 3. The van der Waals surface area contributed by atoms with Crippen LogP contribution in [0.15, 0.2) is 30.9 Å². The minimum absolute atomic E-state index is 0.525. The predicted octanol–water partition coefficient (Wildman–Crippen LogP) is 1.47. The topological polar surface area (TPSA) is 54.5 Å². The van der Waals surface area contributed by atoms with Gasteiger partial charge in [0.25, 0.3) is 0 Å². The Kier molecular flexibility index (Phi) is 2.97. The van der Waals surface area contributed by atoms with E-state index in [0.717, 1.165) is 18.5 Å². The summed E-state index contributed by atoms with van der Waals surface area (Å²) in [5.74, 6) is 0. The molecule has 0 aliphatic heterocycles. The van der Waals surface area contributed by atoms with Gasteiger partial charge in [-0.3, -0.25) is 4.98 Å². The first-order chi connectivity index (χ1) is 7.81. The van der Waals surface area contributed by atoms with Gasteiger partial charge in [0.2, 0.25) is 0 Å². The number of hydrogen-bond donors (Lipinski definition) is 0. The van der Waals surface area contributed by atoms with Crippen LogP contribution in [-0.2, 0) is 19.9 Å². The van der Waals surface area contributed by atoms with E-state index in [1.165, 1.54) is 5.56 Å². The van der Waals surface area contributed by atoms with Crippen molar-refractivity contribution in [1.82, 2.24) is 14.5 Å². The Morgan fingerprint density at radius 2 is 2.06 bits per heavy atom. The van der Waals surface area contributed by atoms with Gasteiger partial charge in [-0.2, -0.15) is 5.26 Å². The fourth-order valence-electron chi connectivity index (χ4n) is 1.66. The molecule has 16 heavy (non-hydrogen) atoms. The minimum atomic E-state index is 0.525. The second-order valence-electron chi connectivity index (χ2n) is 3.62. The zero-order chi connectivity index (χ0) is 11.4. The van der Waals surface area contributed by atoms with Crippen molar-refractivity contribution in [2.75, 3.05) is 0 Å². The SMILES string of the molecule is Cn1cnc(C#N)c1CCc1ccncc1. The Balaban J connectivity index is 2.11. The van der Waals surface area contributed by atoms with Crippen molar-refractivity contribution in [1.29, 1.82) is 5.26 Å². The van der Waals surface area contributed by atoms with E-state index in [2.05, 4.69) is 16.0 Å². The van der Waals surface area contributed by atoms with Crippen LogP contribution < -0.4 is 0 Å². The zero-order valence-electron chi connectivity index (χ0n) is 9.09. The fourth-order valence-corrected chi connectivity index (χ4v) is 1.66. The summed E-state index contributed by atoms with van der Waals surface area (Å²) < 4.78 is 1.90. The molecular formula is C12H12N4. The molecule has 0 saturated carbocycles. The second kappa shape index (κ2) is 4.58. The molecule has 0 fully saturated rings. The third kappa shape index (κ3) is 2.09. The molecule has 80 valence electrons. The molecule has 2 aromatic heterocycles. The van der Waals surface area contributed by atoms with Gasteiger partial charge in [-0.1, -0.05) is 0 Å². The summed E-state index contributed by atoms with van der Waals surface area (Å²) in [6.07, 6.45) is 6.97. The van der Waals surface area contributed by atoms with Crippen LogP contribution in [0, 0.1) is 11.3 Å². The van der Waals surface area contributed by atoms with Crippen LogP contribution in [0.1, 0.15) is 17.0 Å². The molecule has 4 nitrogen and oxygen atoms in total. The molecule has 0 aromatic carbocycles. The van der Waals surface area contributed by atoms with E-state index >= 15 is 0 Å². The maximum atomic E-state index is 8.89. The number of nitrogens with zero attached hydrogens (tertiary/aromatic N) is 4. The lowest BCUT2D eigenvalue weighted by Gasteiger charge is -2.02. The van der Waals surface area contributed by atoms with Gasteiger partial charge < -0.3 is 4.57 Å². The first-order valence-electron chi connectivity index (χ1n) is 5.10. The lowest BCUT2D eigenvalue weighted by molar-refractivity contribution is 0.796. The highest BCUT2D eigenvalue weighted by Crippen LogP contribution is 2.09. The van der Waals surface area contributed by atoms with Gasteiger partial charge in [0.15, 0.2) is 5.69 Å². The lowest BCUT2D eigenvalue weighted by Crippen LogP contribution is -2.00. The van der Waals surface area contributed by atoms with Crippen LogP contribution in [0.5, 0.6) is 0 Å². The van der Waals surface area contributed by atoms with Crippen LogP contribution in [0.25, 0.3) is 0 Å². The van der Waals surface area contributed by atoms with Gasteiger partial charge in [0.05, 0.1) is 12.0 Å². The number of pyridine rings is 1. The summed E-state index contributed by atoms with van der Waals surface area (Å²) in [5, 5.41) is 8.89. The maximum absolute atomic E-state index is 8.89. The normalized spacial score (nSPS) is 10.0. The van der Waals surface area contributed by atoms with Crippen molar-refractivity contribution in [3.63, 3.8) is 0 Å². The minimum Gasteiger partial charge on any atom is -0.336 e. The Morgan fingerprint density at radius 1 is 1.31 bits per heavy atom. The van der Waals surface area contributed by atoms with E-state index in [-0.39, 0.29) is 0 Å². The first kappa shape index (κ1) is 10.4. The molecule has 2 heterocycles. The third-order valence-electron chi connectivity index (χ3n) is 2.56. The van der Waals surface area contributed by atoms with E-state index in [9.17, 15) is 0 Å². The van der Waals surface area contributed by atoms with Gasteiger partial charge >= 0.3 is 0 Å². The maximum Gasteiger partial charge on any atom is 0.161 e. The standard InChI is InChI=1S/C12H12N4/c1-16-9-15-11(8-13)12(16)3-2-10-4-6-14-7-5-10/h4-7,9H,2-3H2,1H3. The Labute approximate surface area is 94.2 Å². The van der Waals surface area contributed by atoms with Crippen molar-refractivity contribution in [3.8, 4) is 6.07 Å². The van der Waals surface area contributed by atoms with E-state index in [1.807, 2.05) is 23.7 Å². The van der Waals surface area contributed by atoms with Crippen LogP contribution >= 0.6 is 0 Å². The van der Waals surface area contributed by atoms with Gasteiger partial charge in [-0.05, 0) is 30.5 Å². The highest BCUT2D eigenvalue weighted by atomic mass is 15.0. The number of aryl methyl sites for hydroxylation is 2. The van der Waals surface area contributed by atoms with E-state index in [1.54, 1.807) is 18.7 Å². The molecule has 0 atom stereocenters. The van der Waals surface area contributed by atoms with Gasteiger partial charge in [-0.25, -0.2) is 4.98 Å². The van der Waals surface area contributed by atoms with Crippen molar-refractivity contribution in [2.24, 2.45) is 7.05 Å². The molecule has 0 saturated heterocycles. The van der Waals surface area contributed by atoms with Crippen molar-refractivity contribution in [3.05, 3.63) is 47.8 Å². The predicted molar refractivity (Wildman–Crippen MR) is 59.6 cm³/mol. The summed E-state index contributed by atoms with van der Waals surface area (Å²) in [6.45, 7) is 0. The number of nitriles is 1. The van der Waals surface area contributed by atoms with Crippen molar-refractivity contribution < 1.29 is 0 Å². The quantitative estimate of drug-likeness (QED) is 0.774. The monoisotopic (exact) mass is 212 g/mol. The van der Waals surface area contributed by atoms with Crippen LogP contribution in [-0.4, -0.2) is 14.5 Å². The summed E-state index contributed by atoms with van der Waals surface area (Å²) >= 11 is 0. The Hall–Kier alpha value is -2.15. The number of aromatic nitrogens is 3. The zero-order valence-corrected chi connectivity index (χ0v) is 9.09. The number of imidazole rings is 1. The summed E-state index contributed by atoms with van der Waals surface area (Å²) in [4.78, 5) is 8.01. The average molecular weight is 212 g/mol. The van der Waals surface area contributed by atoms with Crippen LogP contribution in [0.2, 0.25) is 0 Å². The lowest BCUT2D eigenvalue weighted by atomic mass is 10.1. The number of rotatable bonds is 3. The summed E-state index contributed by atoms with van der Waals surface area (Å²) in [6, 6.07) is 6.09. The molecule has 0 unspecified atom stereocenters. The van der Waals surface area contributed by atoms with E-state index in [4.69, 9.17) is 5.26 Å². The largest absolute Gasteiger partial charge is 0.336 e. The molecule has 0 spiro atoms. The van der Waals surface area contributed by atoms with Crippen LogP contribution in [0.3, 0.4) is 0 Å². The highest BCUT2D eigenvalue weighted by Gasteiger charge is 2.07. The summed E-state index contributed by atoms with van der Waals surface area (Å²) in [7, 11) is 1.91. The molecule has 2 aromatic rings. The summed E-state index contributed by atoms with van der Waals surface area (Å²) in [5.41, 5.74) is 2.73. The smallest absolute Gasteiger partial charge is 0.161 e. The molecule has 0 N–H and O–H groups in total. The average Bonchev–Trinajstić information content (AvgIpc) is 2.69. The van der Waals surface area contributed by atoms with E-state index in [0.29, 0.717) is 5.69 Å². The van der Waals surface area contributed by atoms with E-state index < -0.39 is 0 Å². The van der Waals surface area contributed by atoms with Crippen molar-refractivity contribution in [2.45, 2.75) is 12.8 Å². The Bertz CT molecular complexity index is 508. The molecule has 4 heteroatoms. The molecular weight excluding hydrogens is 200 g/mol. The Morgan fingerprint density at radius 3 is 2.75 bits per heavy atom. The van der Waals surface area contributed by atoms with Gasteiger partial charge in [0.1, 0.15) is 6.07 Å². The molecule has 2 rings (SSSR count). The first-order valence-corrected chi connectivity index (χ1v) is 5.10. The second-order valence-corrected chi connectivity index (χ2v) is 3.62. The van der Waals surface area contributed by atoms with Crippen molar-refractivity contribution >= 4 is 0 Å².